The molecule has 0 spiro atoms. The van der Waals surface area contributed by atoms with Crippen molar-refractivity contribution in [3.63, 3.8) is 0 Å². The van der Waals surface area contributed by atoms with Crippen LogP contribution in [0.5, 0.6) is 0 Å². The van der Waals surface area contributed by atoms with Crippen molar-refractivity contribution in [3.05, 3.63) is 23.7 Å². The minimum Gasteiger partial charge on any atom is -0.379 e. The van der Waals surface area contributed by atoms with Crippen LogP contribution in [0.3, 0.4) is 0 Å². The molecule has 21 heavy (non-hydrogen) atoms. The first-order valence-electron chi connectivity index (χ1n) is 6.99. The van der Waals surface area contributed by atoms with Crippen molar-refractivity contribution in [1.82, 2.24) is 20.3 Å². The molecule has 0 aromatic carbocycles. The van der Waals surface area contributed by atoms with Crippen LogP contribution in [0.1, 0.15) is 29.0 Å². The number of nitrogens with one attached hydrogen (secondary N) is 1. The molecule has 1 atom stereocenters. The molecule has 1 amide bonds. The maximum absolute atomic E-state index is 12.1. The quantitative estimate of drug-likeness (QED) is 0.921. The second-order valence-corrected chi connectivity index (χ2v) is 5.27. The van der Waals surface area contributed by atoms with E-state index in [4.69, 9.17) is 9.26 Å². The van der Waals surface area contributed by atoms with E-state index in [-0.39, 0.29) is 17.6 Å². The molecule has 0 bridgehead atoms. The van der Waals surface area contributed by atoms with Gasteiger partial charge in [0.25, 0.3) is 5.91 Å². The fourth-order valence-electron chi connectivity index (χ4n) is 2.46. The van der Waals surface area contributed by atoms with Crippen LogP contribution in [0.25, 0.3) is 11.3 Å². The average molecular weight is 290 g/mol. The lowest BCUT2D eigenvalue weighted by atomic mass is 10.1. The molecule has 1 N–H and O–H groups in total. The number of ether oxygens (including phenoxy) is 1. The summed E-state index contributed by atoms with van der Waals surface area (Å²) in [6.07, 6.45) is 3.73. The van der Waals surface area contributed by atoms with E-state index in [1.807, 2.05) is 20.2 Å². The summed E-state index contributed by atoms with van der Waals surface area (Å²) < 4.78 is 12.3. The molecule has 2 aromatic rings. The van der Waals surface area contributed by atoms with Gasteiger partial charge in [0, 0.05) is 25.9 Å². The van der Waals surface area contributed by atoms with Gasteiger partial charge in [-0.25, -0.2) is 0 Å². The number of hydrogen-bond donors (Lipinski definition) is 1. The molecule has 3 heterocycles. The summed E-state index contributed by atoms with van der Waals surface area (Å²) in [5.74, 6) is 0.313. The Balaban J connectivity index is 1.72. The number of aryl methyl sites for hydroxylation is 2. The van der Waals surface area contributed by atoms with Crippen LogP contribution >= 0.6 is 0 Å². The predicted molar refractivity (Wildman–Crippen MR) is 74.7 cm³/mol. The van der Waals surface area contributed by atoms with E-state index in [0.29, 0.717) is 12.4 Å². The molecule has 7 nitrogen and oxygen atoms in total. The Morgan fingerprint density at radius 1 is 1.52 bits per heavy atom. The number of amides is 1. The SMILES string of the molecule is Cc1nn(C)cc1-c1cc(C(=O)N[C@H]2CCCOC2)no1. The molecule has 2 aromatic heterocycles. The van der Waals surface area contributed by atoms with E-state index in [1.165, 1.54) is 0 Å². The van der Waals surface area contributed by atoms with E-state index < -0.39 is 0 Å². The number of aromatic nitrogens is 3. The van der Waals surface area contributed by atoms with Crippen LogP contribution in [0.15, 0.2) is 16.8 Å². The molecule has 1 fully saturated rings. The highest BCUT2D eigenvalue weighted by Crippen LogP contribution is 2.23. The van der Waals surface area contributed by atoms with Gasteiger partial charge in [-0.05, 0) is 19.8 Å². The maximum atomic E-state index is 12.1. The highest BCUT2D eigenvalue weighted by Gasteiger charge is 2.20. The Kier molecular flexibility index (Phi) is 3.74. The summed E-state index contributed by atoms with van der Waals surface area (Å²) in [6, 6.07) is 1.69. The standard InChI is InChI=1S/C14H18N4O3/c1-9-11(7-18(2)16-9)13-6-12(17-21-13)14(19)15-10-4-3-5-20-8-10/h6-7,10H,3-5,8H2,1-2H3,(H,15,19)/t10-/m0/s1. The lowest BCUT2D eigenvalue weighted by molar-refractivity contribution is 0.0620. The molecular formula is C14H18N4O3. The van der Waals surface area contributed by atoms with Gasteiger partial charge in [0.15, 0.2) is 11.5 Å². The summed E-state index contributed by atoms with van der Waals surface area (Å²) in [6.45, 7) is 3.20. The number of carbonyl (C=O) groups excluding carboxylic acids is 1. The van der Waals surface area contributed by atoms with Gasteiger partial charge in [0.05, 0.1) is 23.9 Å². The summed E-state index contributed by atoms with van der Waals surface area (Å²) >= 11 is 0. The van der Waals surface area contributed by atoms with Crippen LogP contribution in [-0.2, 0) is 11.8 Å². The molecule has 1 aliphatic rings. The number of hydrogen-bond acceptors (Lipinski definition) is 5. The first-order chi connectivity index (χ1) is 10.1. The Morgan fingerprint density at radius 3 is 3.05 bits per heavy atom. The summed E-state index contributed by atoms with van der Waals surface area (Å²) in [5.41, 5.74) is 1.95. The molecule has 7 heteroatoms. The van der Waals surface area contributed by atoms with Gasteiger partial charge >= 0.3 is 0 Å². The summed E-state index contributed by atoms with van der Waals surface area (Å²) in [7, 11) is 1.84. The van der Waals surface area contributed by atoms with Crippen molar-refractivity contribution in [1.29, 1.82) is 0 Å². The first-order valence-corrected chi connectivity index (χ1v) is 6.99. The fourth-order valence-corrected chi connectivity index (χ4v) is 2.46. The Labute approximate surface area is 122 Å². The fraction of sp³-hybridized carbons (Fsp3) is 0.500. The highest BCUT2D eigenvalue weighted by atomic mass is 16.5. The predicted octanol–water partition coefficient (Wildman–Crippen LogP) is 1.29. The topological polar surface area (TPSA) is 82.2 Å². The lowest BCUT2D eigenvalue weighted by Crippen LogP contribution is -2.40. The molecule has 0 aliphatic carbocycles. The van der Waals surface area contributed by atoms with E-state index in [1.54, 1.807) is 10.7 Å². The average Bonchev–Trinajstić information content (AvgIpc) is 3.06. The minimum absolute atomic E-state index is 0.0477. The van der Waals surface area contributed by atoms with Crippen LogP contribution < -0.4 is 5.32 Å². The van der Waals surface area contributed by atoms with Crippen molar-refractivity contribution in [2.75, 3.05) is 13.2 Å². The summed E-state index contributed by atoms with van der Waals surface area (Å²) in [5, 5.41) is 11.0. The molecular weight excluding hydrogens is 272 g/mol. The zero-order chi connectivity index (χ0) is 14.8. The monoisotopic (exact) mass is 290 g/mol. The Morgan fingerprint density at radius 2 is 2.38 bits per heavy atom. The van der Waals surface area contributed by atoms with Crippen LogP contribution in [0, 0.1) is 6.92 Å². The van der Waals surface area contributed by atoms with Gasteiger partial charge in [-0.2, -0.15) is 5.10 Å². The van der Waals surface area contributed by atoms with Gasteiger partial charge in [-0.1, -0.05) is 5.16 Å². The van der Waals surface area contributed by atoms with Gasteiger partial charge in [-0.3, -0.25) is 9.48 Å². The third-order valence-electron chi connectivity index (χ3n) is 3.52. The smallest absolute Gasteiger partial charge is 0.273 e. The second-order valence-electron chi connectivity index (χ2n) is 5.27. The van der Waals surface area contributed by atoms with Crippen LogP contribution in [-0.4, -0.2) is 40.1 Å². The zero-order valence-electron chi connectivity index (χ0n) is 12.1. The third kappa shape index (κ3) is 2.97. The van der Waals surface area contributed by atoms with E-state index >= 15 is 0 Å². The largest absolute Gasteiger partial charge is 0.379 e. The Bertz CT molecular complexity index is 640. The van der Waals surface area contributed by atoms with Gasteiger partial charge < -0.3 is 14.6 Å². The van der Waals surface area contributed by atoms with Crippen molar-refractivity contribution in [2.24, 2.45) is 7.05 Å². The van der Waals surface area contributed by atoms with Gasteiger partial charge in [0.1, 0.15) is 0 Å². The molecule has 1 saturated heterocycles. The van der Waals surface area contributed by atoms with E-state index in [0.717, 1.165) is 30.7 Å². The third-order valence-corrected chi connectivity index (χ3v) is 3.52. The Hall–Kier alpha value is -2.15. The first kappa shape index (κ1) is 13.8. The van der Waals surface area contributed by atoms with Crippen molar-refractivity contribution in [3.8, 4) is 11.3 Å². The normalized spacial score (nSPS) is 18.7. The second kappa shape index (κ2) is 5.69. The zero-order valence-corrected chi connectivity index (χ0v) is 12.1. The van der Waals surface area contributed by atoms with Gasteiger partial charge in [-0.15, -0.1) is 0 Å². The highest BCUT2D eigenvalue weighted by molar-refractivity contribution is 5.93. The van der Waals surface area contributed by atoms with E-state index in [9.17, 15) is 4.79 Å². The molecule has 0 radical (unpaired) electrons. The molecule has 0 unspecified atom stereocenters. The van der Waals surface area contributed by atoms with Crippen LogP contribution in [0.4, 0.5) is 0 Å². The lowest BCUT2D eigenvalue weighted by Gasteiger charge is -2.22. The van der Waals surface area contributed by atoms with Gasteiger partial charge in [0.2, 0.25) is 0 Å². The molecule has 112 valence electrons. The van der Waals surface area contributed by atoms with Crippen molar-refractivity contribution in [2.45, 2.75) is 25.8 Å². The molecule has 3 rings (SSSR count). The number of nitrogens with zero attached hydrogens (tertiary/aromatic N) is 3. The van der Waals surface area contributed by atoms with E-state index in [2.05, 4.69) is 15.6 Å². The number of rotatable bonds is 3. The van der Waals surface area contributed by atoms with Crippen molar-refractivity contribution >= 4 is 5.91 Å². The molecule has 1 aliphatic heterocycles. The molecule has 0 saturated carbocycles. The summed E-state index contributed by atoms with van der Waals surface area (Å²) in [4.78, 5) is 12.1. The maximum Gasteiger partial charge on any atom is 0.273 e. The van der Waals surface area contributed by atoms with Crippen LogP contribution in [0.2, 0.25) is 0 Å². The van der Waals surface area contributed by atoms with Crippen molar-refractivity contribution < 1.29 is 14.1 Å². The number of carbonyl (C=O) groups is 1. The minimum atomic E-state index is -0.234.